The summed E-state index contributed by atoms with van der Waals surface area (Å²) >= 11 is 1.75. The van der Waals surface area contributed by atoms with E-state index in [2.05, 4.69) is 62.8 Å². The van der Waals surface area contributed by atoms with Crippen LogP contribution in [0.3, 0.4) is 0 Å². The van der Waals surface area contributed by atoms with Crippen LogP contribution >= 0.6 is 11.3 Å². The van der Waals surface area contributed by atoms with Gasteiger partial charge in [-0.1, -0.05) is 30.3 Å². The molecule has 0 spiro atoms. The second-order valence-electron chi connectivity index (χ2n) is 7.73. The van der Waals surface area contributed by atoms with E-state index in [-0.39, 0.29) is 0 Å². The number of nitrogens with one attached hydrogen (secondary N) is 2. The monoisotopic (exact) mass is 429 g/mol. The molecular formula is C23H35N5OS. The van der Waals surface area contributed by atoms with Gasteiger partial charge < -0.3 is 15.4 Å². The molecule has 0 atom stereocenters. The Morgan fingerprint density at radius 1 is 1.20 bits per heavy atom. The first-order chi connectivity index (χ1) is 14.7. The van der Waals surface area contributed by atoms with Crippen molar-refractivity contribution in [1.29, 1.82) is 0 Å². The maximum absolute atomic E-state index is 6.10. The van der Waals surface area contributed by atoms with E-state index in [1.54, 1.807) is 11.3 Å². The number of ether oxygens (including phenoxy) is 1. The second-order valence-corrected chi connectivity index (χ2v) is 9.05. The third-order valence-electron chi connectivity index (χ3n) is 5.27. The standard InChI is InChI=1S/C23H35N5OS/c1-19-17-27-22(30-19)9-13-26-23(24-2)25-12-6-16-29-21-10-14-28(15-11-21)18-20-7-4-3-5-8-20/h3-5,7-8,17,21H,6,9-16,18H2,1-2H3,(H2,24,25,26). The lowest BCUT2D eigenvalue weighted by Crippen LogP contribution is -2.39. The molecule has 1 aliphatic rings. The highest BCUT2D eigenvalue weighted by molar-refractivity contribution is 7.11. The molecule has 0 amide bonds. The van der Waals surface area contributed by atoms with Gasteiger partial charge in [-0.05, 0) is 31.7 Å². The van der Waals surface area contributed by atoms with Crippen molar-refractivity contribution in [1.82, 2.24) is 20.5 Å². The van der Waals surface area contributed by atoms with Crippen molar-refractivity contribution < 1.29 is 4.74 Å². The zero-order chi connectivity index (χ0) is 21.0. The number of hydrogen-bond donors (Lipinski definition) is 2. The Labute approximate surface area is 184 Å². The van der Waals surface area contributed by atoms with E-state index in [9.17, 15) is 0 Å². The highest BCUT2D eigenvalue weighted by atomic mass is 32.1. The van der Waals surface area contributed by atoms with Crippen molar-refractivity contribution in [3.05, 3.63) is 52.0 Å². The summed E-state index contributed by atoms with van der Waals surface area (Å²) in [5.74, 6) is 0.845. The largest absolute Gasteiger partial charge is 0.378 e. The molecule has 1 aromatic heterocycles. The predicted molar refractivity (Wildman–Crippen MR) is 125 cm³/mol. The summed E-state index contributed by atoms with van der Waals surface area (Å²) in [5, 5.41) is 7.88. The number of piperidine rings is 1. The molecule has 0 saturated carbocycles. The van der Waals surface area contributed by atoms with Crippen LogP contribution in [-0.4, -0.2) is 61.8 Å². The van der Waals surface area contributed by atoms with E-state index in [1.165, 1.54) is 15.4 Å². The first kappa shape index (κ1) is 22.7. The lowest BCUT2D eigenvalue weighted by atomic mass is 10.1. The van der Waals surface area contributed by atoms with E-state index in [0.717, 1.165) is 71.0 Å². The van der Waals surface area contributed by atoms with Gasteiger partial charge in [0.05, 0.1) is 11.1 Å². The molecule has 0 radical (unpaired) electrons. The zero-order valence-electron chi connectivity index (χ0n) is 18.3. The smallest absolute Gasteiger partial charge is 0.190 e. The van der Waals surface area contributed by atoms with E-state index >= 15 is 0 Å². The fourth-order valence-corrected chi connectivity index (χ4v) is 4.42. The van der Waals surface area contributed by atoms with Crippen LogP contribution in [0.5, 0.6) is 0 Å². The quantitative estimate of drug-likeness (QED) is 0.345. The summed E-state index contributed by atoms with van der Waals surface area (Å²) in [7, 11) is 1.81. The number of benzene rings is 1. The molecular weight excluding hydrogens is 394 g/mol. The Morgan fingerprint density at radius 3 is 2.67 bits per heavy atom. The van der Waals surface area contributed by atoms with E-state index in [4.69, 9.17) is 4.74 Å². The molecule has 6 nitrogen and oxygen atoms in total. The van der Waals surface area contributed by atoms with Crippen molar-refractivity contribution in [2.45, 2.75) is 45.3 Å². The number of rotatable bonds is 10. The topological polar surface area (TPSA) is 61.8 Å². The highest BCUT2D eigenvalue weighted by Crippen LogP contribution is 2.16. The number of nitrogens with zero attached hydrogens (tertiary/aromatic N) is 3. The predicted octanol–water partition coefficient (Wildman–Crippen LogP) is 3.23. The highest BCUT2D eigenvalue weighted by Gasteiger charge is 2.19. The van der Waals surface area contributed by atoms with Crippen molar-refractivity contribution in [2.75, 3.05) is 39.8 Å². The Bertz CT molecular complexity index is 756. The number of likely N-dealkylation sites (tertiary alicyclic amines) is 1. The summed E-state index contributed by atoms with van der Waals surface area (Å²) < 4.78 is 6.10. The van der Waals surface area contributed by atoms with Gasteiger partial charge in [-0.3, -0.25) is 9.89 Å². The van der Waals surface area contributed by atoms with Gasteiger partial charge in [0.25, 0.3) is 0 Å². The van der Waals surface area contributed by atoms with E-state index in [1.807, 2.05) is 13.2 Å². The molecule has 164 valence electrons. The number of aromatic nitrogens is 1. The van der Waals surface area contributed by atoms with Gasteiger partial charge in [0.2, 0.25) is 0 Å². The fourth-order valence-electron chi connectivity index (χ4n) is 3.63. The van der Waals surface area contributed by atoms with Gasteiger partial charge in [-0.2, -0.15) is 0 Å². The van der Waals surface area contributed by atoms with Crippen LogP contribution in [0.4, 0.5) is 0 Å². The number of thiazole rings is 1. The van der Waals surface area contributed by atoms with Crippen molar-refractivity contribution in [3.63, 3.8) is 0 Å². The molecule has 2 aromatic rings. The van der Waals surface area contributed by atoms with Crippen LogP contribution < -0.4 is 10.6 Å². The van der Waals surface area contributed by atoms with Gasteiger partial charge in [0, 0.05) is 63.9 Å². The second kappa shape index (κ2) is 12.7. The van der Waals surface area contributed by atoms with Gasteiger partial charge in [0.15, 0.2) is 5.96 Å². The Kier molecular flexibility index (Phi) is 9.60. The maximum Gasteiger partial charge on any atom is 0.190 e. The van der Waals surface area contributed by atoms with Crippen LogP contribution in [0, 0.1) is 6.92 Å². The van der Waals surface area contributed by atoms with E-state index < -0.39 is 0 Å². The number of aryl methyl sites for hydroxylation is 1. The minimum Gasteiger partial charge on any atom is -0.378 e. The summed E-state index contributed by atoms with van der Waals surface area (Å²) in [5.41, 5.74) is 1.40. The average molecular weight is 430 g/mol. The number of hydrogen-bond acceptors (Lipinski definition) is 5. The number of aliphatic imine (C=N–C) groups is 1. The Hall–Kier alpha value is -1.96. The number of guanidine groups is 1. The molecule has 2 heterocycles. The molecule has 1 fully saturated rings. The fraction of sp³-hybridized carbons (Fsp3) is 0.565. The first-order valence-corrected chi connectivity index (χ1v) is 11.8. The minimum absolute atomic E-state index is 0.399. The van der Waals surface area contributed by atoms with Crippen LogP contribution in [-0.2, 0) is 17.7 Å². The molecule has 1 saturated heterocycles. The molecule has 1 aliphatic heterocycles. The molecule has 30 heavy (non-hydrogen) atoms. The molecule has 1 aromatic carbocycles. The minimum atomic E-state index is 0.399. The zero-order valence-corrected chi connectivity index (χ0v) is 19.1. The van der Waals surface area contributed by atoms with Crippen LogP contribution in [0.1, 0.15) is 34.7 Å². The van der Waals surface area contributed by atoms with Crippen LogP contribution in [0.25, 0.3) is 0 Å². The Balaban J connectivity index is 1.21. The third-order valence-corrected chi connectivity index (χ3v) is 6.25. The van der Waals surface area contributed by atoms with Crippen LogP contribution in [0.2, 0.25) is 0 Å². The first-order valence-electron chi connectivity index (χ1n) is 11.0. The lowest BCUT2D eigenvalue weighted by molar-refractivity contribution is 0.00534. The van der Waals surface area contributed by atoms with Crippen LogP contribution in [0.15, 0.2) is 41.5 Å². The van der Waals surface area contributed by atoms with Crippen molar-refractivity contribution in [2.24, 2.45) is 4.99 Å². The van der Waals surface area contributed by atoms with E-state index in [0.29, 0.717) is 6.10 Å². The summed E-state index contributed by atoms with van der Waals surface area (Å²) in [4.78, 5) is 12.5. The average Bonchev–Trinajstić information content (AvgIpc) is 3.19. The molecule has 0 unspecified atom stereocenters. The summed E-state index contributed by atoms with van der Waals surface area (Å²) in [6.45, 7) is 7.87. The normalized spacial score (nSPS) is 16.0. The third kappa shape index (κ3) is 8.05. The molecule has 2 N–H and O–H groups in total. The Morgan fingerprint density at radius 2 is 1.97 bits per heavy atom. The summed E-state index contributed by atoms with van der Waals surface area (Å²) in [6, 6.07) is 10.7. The van der Waals surface area contributed by atoms with Gasteiger partial charge in [-0.15, -0.1) is 11.3 Å². The summed E-state index contributed by atoms with van der Waals surface area (Å²) in [6.07, 6.45) is 6.48. The lowest BCUT2D eigenvalue weighted by Gasteiger charge is -2.32. The molecule has 3 rings (SSSR count). The van der Waals surface area contributed by atoms with Gasteiger partial charge in [-0.25, -0.2) is 4.98 Å². The molecule has 0 bridgehead atoms. The van der Waals surface area contributed by atoms with Crippen molar-refractivity contribution in [3.8, 4) is 0 Å². The molecule has 7 heteroatoms. The maximum atomic E-state index is 6.10. The van der Waals surface area contributed by atoms with Gasteiger partial charge >= 0.3 is 0 Å². The molecule has 0 aliphatic carbocycles. The van der Waals surface area contributed by atoms with Crippen molar-refractivity contribution >= 4 is 17.3 Å². The van der Waals surface area contributed by atoms with Gasteiger partial charge in [0.1, 0.15) is 0 Å². The SMILES string of the molecule is CN=C(NCCCOC1CCN(Cc2ccccc2)CC1)NCCc1ncc(C)s1.